The molecule has 0 fully saturated rings. The van der Waals surface area contributed by atoms with Crippen molar-refractivity contribution < 1.29 is 18.3 Å². The molecular formula is C23H27F2N3O2. The standard InChI is InChI=1S/C23H27F2N3O2/c1-15-6-8-16(9-7-15)23(12-5-13-26)28(21(29)22(2,3)4)27-20(30-23)18-14-17(24)10-11-19(18)25/h6-11,14H,5,12-13,26H2,1-4H3. The van der Waals surface area contributed by atoms with E-state index < -0.39 is 22.8 Å². The van der Waals surface area contributed by atoms with Crippen LogP contribution in [0.15, 0.2) is 47.6 Å². The average molecular weight is 415 g/mol. The number of ether oxygens (including phenoxy) is 1. The number of nitrogens with two attached hydrogens (primary N) is 1. The number of aryl methyl sites for hydroxylation is 1. The van der Waals surface area contributed by atoms with Gasteiger partial charge in [0.1, 0.15) is 11.6 Å². The lowest BCUT2D eigenvalue weighted by Crippen LogP contribution is -2.49. The normalized spacial score (nSPS) is 18.9. The number of hydrogen-bond acceptors (Lipinski definition) is 4. The molecule has 30 heavy (non-hydrogen) atoms. The van der Waals surface area contributed by atoms with E-state index in [-0.39, 0.29) is 17.4 Å². The highest BCUT2D eigenvalue weighted by atomic mass is 19.1. The van der Waals surface area contributed by atoms with Gasteiger partial charge < -0.3 is 10.5 Å². The Morgan fingerprint density at radius 1 is 1.17 bits per heavy atom. The lowest BCUT2D eigenvalue weighted by Gasteiger charge is -2.38. The Morgan fingerprint density at radius 3 is 2.43 bits per heavy atom. The van der Waals surface area contributed by atoms with Crippen LogP contribution in [0.4, 0.5) is 8.78 Å². The molecule has 5 nitrogen and oxygen atoms in total. The van der Waals surface area contributed by atoms with Gasteiger partial charge in [0.05, 0.1) is 5.56 Å². The van der Waals surface area contributed by atoms with Gasteiger partial charge in [-0.25, -0.2) is 8.78 Å². The second-order valence-electron chi connectivity index (χ2n) is 8.54. The van der Waals surface area contributed by atoms with Crippen molar-refractivity contribution in [2.24, 2.45) is 16.3 Å². The van der Waals surface area contributed by atoms with Crippen LogP contribution in [-0.2, 0) is 15.3 Å². The number of benzene rings is 2. The van der Waals surface area contributed by atoms with Gasteiger partial charge in [-0.1, -0.05) is 50.6 Å². The van der Waals surface area contributed by atoms with E-state index in [9.17, 15) is 13.6 Å². The predicted molar refractivity (Wildman–Crippen MR) is 111 cm³/mol. The van der Waals surface area contributed by atoms with Crippen LogP contribution in [0.25, 0.3) is 0 Å². The number of carbonyl (C=O) groups excluding carboxylic acids is 1. The van der Waals surface area contributed by atoms with Crippen LogP contribution in [0, 0.1) is 24.0 Å². The van der Waals surface area contributed by atoms with Gasteiger partial charge in [-0.2, -0.15) is 5.01 Å². The zero-order valence-corrected chi connectivity index (χ0v) is 17.7. The third kappa shape index (κ3) is 4.07. The first-order valence-electron chi connectivity index (χ1n) is 9.93. The molecule has 1 atom stereocenters. The zero-order valence-electron chi connectivity index (χ0n) is 17.7. The Morgan fingerprint density at radius 2 is 1.83 bits per heavy atom. The van der Waals surface area contributed by atoms with Gasteiger partial charge in [-0.3, -0.25) is 4.79 Å². The molecule has 0 spiro atoms. The Hall–Kier alpha value is -2.80. The van der Waals surface area contributed by atoms with Crippen molar-refractivity contribution in [2.45, 2.75) is 46.3 Å². The summed E-state index contributed by atoms with van der Waals surface area (Å²) in [4.78, 5) is 13.4. The summed E-state index contributed by atoms with van der Waals surface area (Å²) in [6, 6.07) is 10.6. The lowest BCUT2D eigenvalue weighted by molar-refractivity contribution is -0.161. The second-order valence-corrected chi connectivity index (χ2v) is 8.54. The quantitative estimate of drug-likeness (QED) is 0.785. The van der Waals surface area contributed by atoms with Crippen LogP contribution >= 0.6 is 0 Å². The Kier molecular flexibility index (Phi) is 5.94. The monoisotopic (exact) mass is 415 g/mol. The summed E-state index contributed by atoms with van der Waals surface area (Å²) in [6.45, 7) is 7.64. The van der Waals surface area contributed by atoms with E-state index in [0.717, 1.165) is 23.8 Å². The van der Waals surface area contributed by atoms with Crippen LogP contribution in [0.1, 0.15) is 50.3 Å². The van der Waals surface area contributed by atoms with E-state index in [2.05, 4.69) is 5.10 Å². The van der Waals surface area contributed by atoms with Crippen LogP contribution < -0.4 is 5.73 Å². The van der Waals surface area contributed by atoms with Gasteiger partial charge in [0.15, 0.2) is 0 Å². The first kappa shape index (κ1) is 21.9. The first-order chi connectivity index (χ1) is 14.1. The number of hydrogen-bond donors (Lipinski definition) is 1. The van der Waals surface area contributed by atoms with E-state index in [4.69, 9.17) is 10.5 Å². The molecule has 160 valence electrons. The van der Waals surface area contributed by atoms with E-state index in [1.54, 1.807) is 20.8 Å². The van der Waals surface area contributed by atoms with Crippen LogP contribution in [0.5, 0.6) is 0 Å². The van der Waals surface area contributed by atoms with Crippen molar-refractivity contribution in [3.63, 3.8) is 0 Å². The minimum absolute atomic E-state index is 0.136. The topological polar surface area (TPSA) is 67.9 Å². The highest BCUT2D eigenvalue weighted by Gasteiger charge is 2.51. The highest BCUT2D eigenvalue weighted by Crippen LogP contribution is 2.43. The Bertz CT molecular complexity index is 967. The molecular weight excluding hydrogens is 388 g/mol. The minimum atomic E-state index is -1.30. The predicted octanol–water partition coefficient (Wildman–Crippen LogP) is 4.43. The smallest absolute Gasteiger partial charge is 0.251 e. The summed E-state index contributed by atoms with van der Waals surface area (Å²) < 4.78 is 34.5. The number of carbonyl (C=O) groups is 1. The molecule has 0 radical (unpaired) electrons. The summed E-state index contributed by atoms with van der Waals surface area (Å²) in [5.74, 6) is -1.74. The SMILES string of the molecule is Cc1ccc(C2(CCCN)OC(c3cc(F)ccc3F)=NN2C(=O)C(C)(C)C)cc1. The number of halogens is 2. The van der Waals surface area contributed by atoms with E-state index in [1.807, 2.05) is 31.2 Å². The molecule has 2 aromatic carbocycles. The molecule has 2 N–H and O–H groups in total. The third-order valence-corrected chi connectivity index (χ3v) is 5.01. The molecule has 1 heterocycles. The molecule has 7 heteroatoms. The van der Waals surface area contributed by atoms with Gasteiger partial charge in [0.2, 0.25) is 11.6 Å². The van der Waals surface area contributed by atoms with Crippen molar-refractivity contribution in [1.82, 2.24) is 5.01 Å². The molecule has 1 aliphatic rings. The molecule has 0 bridgehead atoms. The average Bonchev–Trinajstić information content (AvgIpc) is 3.07. The molecule has 3 rings (SSSR count). The van der Waals surface area contributed by atoms with E-state index in [0.29, 0.717) is 24.9 Å². The van der Waals surface area contributed by atoms with Crippen LogP contribution in [0.2, 0.25) is 0 Å². The fourth-order valence-corrected chi connectivity index (χ4v) is 3.33. The lowest BCUT2D eigenvalue weighted by atomic mass is 9.90. The maximum absolute atomic E-state index is 14.5. The molecule has 1 aliphatic heterocycles. The molecule has 0 aromatic heterocycles. The number of nitrogens with zero attached hydrogens (tertiary/aromatic N) is 2. The maximum Gasteiger partial charge on any atom is 0.251 e. The fourth-order valence-electron chi connectivity index (χ4n) is 3.33. The molecule has 0 saturated heterocycles. The van der Waals surface area contributed by atoms with E-state index in [1.165, 1.54) is 5.01 Å². The summed E-state index contributed by atoms with van der Waals surface area (Å²) in [6.07, 6.45) is 0.883. The molecule has 1 unspecified atom stereocenters. The van der Waals surface area contributed by atoms with Gasteiger partial charge in [0.25, 0.3) is 5.91 Å². The van der Waals surface area contributed by atoms with Crippen molar-refractivity contribution in [3.05, 3.63) is 70.8 Å². The summed E-state index contributed by atoms with van der Waals surface area (Å²) >= 11 is 0. The van der Waals surface area contributed by atoms with Crippen molar-refractivity contribution in [2.75, 3.05) is 6.54 Å². The van der Waals surface area contributed by atoms with Gasteiger partial charge in [-0.15, -0.1) is 5.10 Å². The number of rotatable bonds is 5. The summed E-state index contributed by atoms with van der Waals surface area (Å²) in [7, 11) is 0. The van der Waals surface area contributed by atoms with Crippen molar-refractivity contribution in [1.29, 1.82) is 0 Å². The second kappa shape index (κ2) is 8.14. The zero-order chi connectivity index (χ0) is 22.1. The molecule has 2 aromatic rings. The number of amides is 1. The summed E-state index contributed by atoms with van der Waals surface area (Å²) in [5, 5.41) is 5.63. The first-order valence-corrected chi connectivity index (χ1v) is 9.93. The molecule has 0 aliphatic carbocycles. The molecule has 1 amide bonds. The summed E-state index contributed by atoms with van der Waals surface area (Å²) in [5.41, 5.74) is 5.27. The van der Waals surface area contributed by atoms with Gasteiger partial charge in [-0.05, 0) is 38.1 Å². The number of hydrazone groups is 1. The molecule has 0 saturated carbocycles. The Labute approximate surface area is 175 Å². The third-order valence-electron chi connectivity index (χ3n) is 5.01. The van der Waals surface area contributed by atoms with Crippen molar-refractivity contribution in [3.8, 4) is 0 Å². The van der Waals surface area contributed by atoms with Crippen LogP contribution in [0.3, 0.4) is 0 Å². The van der Waals surface area contributed by atoms with Crippen molar-refractivity contribution >= 4 is 11.8 Å². The Balaban J connectivity index is 2.19. The fraction of sp³-hybridized carbons (Fsp3) is 0.391. The van der Waals surface area contributed by atoms with Crippen LogP contribution in [-0.4, -0.2) is 23.4 Å². The minimum Gasteiger partial charge on any atom is -0.443 e. The van der Waals surface area contributed by atoms with Gasteiger partial charge in [0, 0.05) is 17.4 Å². The van der Waals surface area contributed by atoms with Gasteiger partial charge >= 0.3 is 0 Å². The maximum atomic E-state index is 14.5. The highest BCUT2D eigenvalue weighted by molar-refractivity contribution is 5.97. The largest absolute Gasteiger partial charge is 0.443 e. The van der Waals surface area contributed by atoms with E-state index >= 15 is 0 Å².